The lowest BCUT2D eigenvalue weighted by atomic mass is 9.95. The number of fused-ring (bicyclic) bond motifs is 1. The first-order valence-electron chi connectivity index (χ1n) is 14.2. The summed E-state index contributed by atoms with van der Waals surface area (Å²) in [6.07, 6.45) is 9.79. The van der Waals surface area contributed by atoms with Crippen LogP contribution in [0.25, 0.3) is 16.8 Å². The summed E-state index contributed by atoms with van der Waals surface area (Å²) in [5.74, 6) is 2.20. The minimum absolute atomic E-state index is 0.0635. The molecule has 0 aliphatic heterocycles. The number of rotatable bonds is 10. The Hall–Kier alpha value is -3.52. The van der Waals surface area contributed by atoms with Crippen LogP contribution in [-0.4, -0.2) is 39.1 Å². The number of aromatic nitrogens is 3. The van der Waals surface area contributed by atoms with E-state index < -0.39 is 0 Å². The average molecular weight is 564 g/mol. The average Bonchev–Trinajstić information content (AvgIpc) is 3.44. The third-order valence-corrected chi connectivity index (χ3v) is 7.72. The summed E-state index contributed by atoms with van der Waals surface area (Å²) in [6, 6.07) is 10.5. The number of hydrogen-bond donors (Lipinski definition) is 2. The van der Waals surface area contributed by atoms with Gasteiger partial charge in [0.1, 0.15) is 23.0 Å². The Balaban J connectivity index is 1.36. The molecule has 0 saturated heterocycles. The highest BCUT2D eigenvalue weighted by molar-refractivity contribution is 6.32. The van der Waals surface area contributed by atoms with E-state index in [0.717, 1.165) is 58.1 Å². The first-order chi connectivity index (χ1) is 19.3. The second-order valence-corrected chi connectivity index (χ2v) is 11.4. The van der Waals surface area contributed by atoms with Crippen LogP contribution in [-0.2, 0) is 17.6 Å². The Labute approximate surface area is 240 Å². The van der Waals surface area contributed by atoms with Gasteiger partial charge in [0.2, 0.25) is 0 Å². The monoisotopic (exact) mass is 563 g/mol. The van der Waals surface area contributed by atoms with Gasteiger partial charge in [-0.1, -0.05) is 42.1 Å². The first-order valence-corrected chi connectivity index (χ1v) is 14.6. The summed E-state index contributed by atoms with van der Waals surface area (Å²) >= 11 is 6.51. The zero-order valence-electron chi connectivity index (χ0n) is 23.7. The maximum Gasteiger partial charge on any atom is 0.258 e. The second kappa shape index (κ2) is 12.3. The van der Waals surface area contributed by atoms with Crippen LogP contribution >= 0.6 is 11.6 Å². The summed E-state index contributed by atoms with van der Waals surface area (Å²) in [4.78, 5) is 17.0. The topological polar surface area (TPSA) is 93.7 Å². The maximum absolute atomic E-state index is 11.9. The number of benzene rings is 1. The summed E-state index contributed by atoms with van der Waals surface area (Å²) in [7, 11) is 0. The molecule has 5 rings (SSSR count). The summed E-state index contributed by atoms with van der Waals surface area (Å²) in [6.45, 7) is 7.66. The van der Waals surface area contributed by atoms with Gasteiger partial charge in [-0.05, 0) is 88.8 Å². The molecule has 1 aliphatic rings. The number of amides is 1. The molecule has 1 saturated carbocycles. The van der Waals surface area contributed by atoms with Crippen LogP contribution in [0.2, 0.25) is 5.02 Å². The van der Waals surface area contributed by atoms with Crippen molar-refractivity contribution in [1.82, 2.24) is 19.9 Å². The van der Waals surface area contributed by atoms with Crippen LogP contribution in [0, 0.1) is 13.8 Å². The highest BCUT2D eigenvalue weighted by Gasteiger charge is 2.20. The molecule has 0 unspecified atom stereocenters. The minimum Gasteiger partial charge on any atom is -0.482 e. The lowest BCUT2D eigenvalue weighted by Crippen LogP contribution is -2.34. The number of ether oxygens (including phenoxy) is 1. The molecule has 40 heavy (non-hydrogen) atoms. The molecule has 1 amide bonds. The predicted molar refractivity (Wildman–Crippen MR) is 158 cm³/mol. The standard InChI is InChI=1S/C31H38ClN5O3/c1-19(2)33-29(38)18-39-27-13-11-22(16-25(27)32)10-12-26-31(34-24-8-6-5-7-9-24)37-15-14-23(17-28(37)35-26)30-20(3)36-40-21(30)4/h11,13-17,19,24,34H,5-10,12,18H2,1-4H3,(H,33,38). The van der Waals surface area contributed by atoms with Crippen molar-refractivity contribution < 1.29 is 14.1 Å². The molecule has 212 valence electrons. The molecule has 1 aliphatic carbocycles. The minimum atomic E-state index is -0.169. The van der Waals surface area contributed by atoms with Crippen molar-refractivity contribution in [3.8, 4) is 16.9 Å². The van der Waals surface area contributed by atoms with E-state index in [-0.39, 0.29) is 18.6 Å². The number of hydrogen-bond acceptors (Lipinski definition) is 6. The van der Waals surface area contributed by atoms with E-state index in [9.17, 15) is 4.79 Å². The van der Waals surface area contributed by atoms with Gasteiger partial charge >= 0.3 is 0 Å². The number of aryl methyl sites for hydroxylation is 4. The Bertz CT molecular complexity index is 1470. The van der Waals surface area contributed by atoms with Crippen LogP contribution in [0.15, 0.2) is 41.1 Å². The number of carbonyl (C=O) groups excluding carboxylic acids is 1. The number of nitrogens with zero attached hydrogens (tertiary/aromatic N) is 3. The van der Waals surface area contributed by atoms with Crippen molar-refractivity contribution >= 4 is 29.0 Å². The van der Waals surface area contributed by atoms with Crippen LogP contribution in [0.3, 0.4) is 0 Å². The Kier molecular flexibility index (Phi) is 8.64. The van der Waals surface area contributed by atoms with E-state index in [1.807, 2.05) is 45.9 Å². The van der Waals surface area contributed by atoms with E-state index in [1.54, 1.807) is 0 Å². The second-order valence-electron chi connectivity index (χ2n) is 11.0. The lowest BCUT2D eigenvalue weighted by Gasteiger charge is -2.24. The number of carbonyl (C=O) groups is 1. The van der Waals surface area contributed by atoms with Crippen molar-refractivity contribution in [2.75, 3.05) is 11.9 Å². The Morgan fingerprint density at radius 1 is 1.15 bits per heavy atom. The van der Waals surface area contributed by atoms with E-state index in [1.165, 1.54) is 32.1 Å². The highest BCUT2D eigenvalue weighted by Crippen LogP contribution is 2.32. The Morgan fingerprint density at radius 3 is 2.65 bits per heavy atom. The molecule has 3 heterocycles. The van der Waals surface area contributed by atoms with Crippen LogP contribution in [0.5, 0.6) is 5.75 Å². The third-order valence-electron chi connectivity index (χ3n) is 7.42. The normalized spacial score (nSPS) is 14.2. The van der Waals surface area contributed by atoms with E-state index in [4.69, 9.17) is 25.8 Å². The van der Waals surface area contributed by atoms with E-state index >= 15 is 0 Å². The predicted octanol–water partition coefficient (Wildman–Crippen LogP) is 6.69. The summed E-state index contributed by atoms with van der Waals surface area (Å²) in [5.41, 5.74) is 5.96. The van der Waals surface area contributed by atoms with Gasteiger partial charge in [-0.2, -0.15) is 0 Å². The summed E-state index contributed by atoms with van der Waals surface area (Å²) in [5, 5.41) is 11.3. The van der Waals surface area contributed by atoms with Crippen molar-refractivity contribution in [3.63, 3.8) is 0 Å². The molecule has 0 bridgehead atoms. The molecule has 8 nitrogen and oxygen atoms in total. The fourth-order valence-corrected chi connectivity index (χ4v) is 5.76. The van der Waals surface area contributed by atoms with Crippen molar-refractivity contribution in [3.05, 3.63) is 64.3 Å². The van der Waals surface area contributed by atoms with Gasteiger partial charge < -0.3 is 19.9 Å². The number of halogens is 1. The molecule has 3 aromatic heterocycles. The number of imidazole rings is 1. The number of pyridine rings is 1. The van der Waals surface area contributed by atoms with E-state index in [2.05, 4.69) is 38.5 Å². The van der Waals surface area contributed by atoms with Gasteiger partial charge in [0.05, 0.1) is 16.4 Å². The maximum atomic E-state index is 11.9. The van der Waals surface area contributed by atoms with Crippen molar-refractivity contribution in [1.29, 1.82) is 0 Å². The zero-order chi connectivity index (χ0) is 28.2. The highest BCUT2D eigenvalue weighted by atomic mass is 35.5. The van der Waals surface area contributed by atoms with Gasteiger partial charge in [0, 0.05) is 23.8 Å². The van der Waals surface area contributed by atoms with Gasteiger partial charge in [0.15, 0.2) is 6.61 Å². The van der Waals surface area contributed by atoms with Crippen LogP contribution in [0.4, 0.5) is 5.82 Å². The molecule has 0 atom stereocenters. The molecule has 4 aromatic rings. The van der Waals surface area contributed by atoms with Gasteiger partial charge in [0.25, 0.3) is 5.91 Å². The fourth-order valence-electron chi connectivity index (χ4n) is 5.50. The Morgan fingerprint density at radius 2 is 1.95 bits per heavy atom. The van der Waals surface area contributed by atoms with E-state index in [0.29, 0.717) is 16.8 Å². The van der Waals surface area contributed by atoms with Gasteiger partial charge in [-0.3, -0.25) is 9.20 Å². The summed E-state index contributed by atoms with van der Waals surface area (Å²) < 4.78 is 13.2. The molecule has 1 fully saturated rings. The van der Waals surface area contributed by atoms with Crippen molar-refractivity contribution in [2.45, 2.75) is 84.7 Å². The van der Waals surface area contributed by atoms with Crippen molar-refractivity contribution in [2.24, 2.45) is 0 Å². The molecule has 0 radical (unpaired) electrons. The quantitative estimate of drug-likeness (QED) is 0.223. The molecular formula is C31H38ClN5O3. The van der Waals surface area contributed by atoms with Crippen LogP contribution in [0.1, 0.15) is 68.7 Å². The molecular weight excluding hydrogens is 526 g/mol. The molecule has 1 aromatic carbocycles. The first kappa shape index (κ1) is 28.0. The smallest absolute Gasteiger partial charge is 0.258 e. The molecule has 0 spiro atoms. The van der Waals surface area contributed by atoms with Gasteiger partial charge in [-0.15, -0.1) is 0 Å². The SMILES string of the molecule is Cc1noc(C)c1-c1ccn2c(NC3CCCCC3)c(CCc3ccc(OCC(=O)NC(C)C)c(Cl)c3)nc2c1. The molecule has 9 heteroatoms. The largest absolute Gasteiger partial charge is 0.482 e. The lowest BCUT2D eigenvalue weighted by molar-refractivity contribution is -0.123. The number of anilines is 1. The number of nitrogens with one attached hydrogen (secondary N) is 2. The molecule has 2 N–H and O–H groups in total. The third kappa shape index (κ3) is 6.44. The van der Waals surface area contributed by atoms with Gasteiger partial charge in [-0.25, -0.2) is 4.98 Å². The fraction of sp³-hybridized carbons (Fsp3) is 0.452. The van der Waals surface area contributed by atoms with Crippen LogP contribution < -0.4 is 15.4 Å². The zero-order valence-corrected chi connectivity index (χ0v) is 24.5.